The molecule has 6 heteroatoms. The molecule has 1 heterocycles. The normalized spacial score (nSPS) is 10.7. The molecule has 0 bridgehead atoms. The van der Waals surface area contributed by atoms with Crippen molar-refractivity contribution in [3.05, 3.63) is 59.8 Å². The minimum atomic E-state index is 0. The summed E-state index contributed by atoms with van der Waals surface area (Å²) in [6, 6.07) is 14.1. The van der Waals surface area contributed by atoms with E-state index in [0.29, 0.717) is 12.4 Å². The molecular weight excluding hydrogens is 403 g/mol. The second-order valence-electron chi connectivity index (χ2n) is 5.08. The van der Waals surface area contributed by atoms with Crippen LogP contribution in [0.4, 0.5) is 0 Å². The highest BCUT2D eigenvalue weighted by Crippen LogP contribution is 2.09. The highest BCUT2D eigenvalue weighted by atomic mass is 127. The van der Waals surface area contributed by atoms with Crippen molar-refractivity contribution in [2.24, 2.45) is 4.99 Å². The molecule has 0 saturated heterocycles. The van der Waals surface area contributed by atoms with Gasteiger partial charge in [0.1, 0.15) is 0 Å². The number of benzene rings is 1. The van der Waals surface area contributed by atoms with E-state index in [4.69, 9.17) is 4.74 Å². The maximum Gasteiger partial charge on any atom is 0.213 e. The largest absolute Gasteiger partial charge is 0.481 e. The predicted molar refractivity (Wildman–Crippen MR) is 104 cm³/mol. The predicted octanol–water partition coefficient (Wildman–Crippen LogP) is 2.92. The fraction of sp³-hybridized carbons (Fsp3) is 0.294. The molecule has 1 N–H and O–H groups in total. The lowest BCUT2D eigenvalue weighted by Gasteiger charge is -2.17. The average Bonchev–Trinajstić information content (AvgIpc) is 2.55. The molecule has 0 aliphatic carbocycles. The lowest BCUT2D eigenvalue weighted by atomic mass is 10.2. The fourth-order valence-corrected chi connectivity index (χ4v) is 1.96. The number of aromatic nitrogens is 1. The third kappa shape index (κ3) is 6.43. The van der Waals surface area contributed by atoms with Gasteiger partial charge in [0.2, 0.25) is 5.88 Å². The van der Waals surface area contributed by atoms with Gasteiger partial charge in [-0.05, 0) is 17.2 Å². The number of aliphatic imine (C=N–C) groups is 1. The molecule has 5 nitrogen and oxygen atoms in total. The van der Waals surface area contributed by atoms with Crippen molar-refractivity contribution in [1.82, 2.24) is 15.2 Å². The first-order valence-electron chi connectivity index (χ1n) is 7.17. The van der Waals surface area contributed by atoms with Crippen LogP contribution in [0.2, 0.25) is 0 Å². The van der Waals surface area contributed by atoms with Crippen molar-refractivity contribution in [2.45, 2.75) is 13.1 Å². The molecule has 0 saturated carbocycles. The standard InChI is InChI=1S/C17H22N4O.HI/c1-21(2)17(19-12-14-7-5-4-6-8-14)20-13-15-9-10-18-16(11-15)22-3;/h4-11H,12-13H2,1-3H3,(H,19,20);1H. The Morgan fingerprint density at radius 3 is 2.57 bits per heavy atom. The van der Waals surface area contributed by atoms with Crippen molar-refractivity contribution in [1.29, 1.82) is 0 Å². The molecule has 0 unspecified atom stereocenters. The molecule has 0 spiro atoms. The van der Waals surface area contributed by atoms with Gasteiger partial charge in [-0.3, -0.25) is 0 Å². The number of hydrogen-bond acceptors (Lipinski definition) is 3. The van der Waals surface area contributed by atoms with E-state index in [9.17, 15) is 0 Å². The Bertz CT molecular complexity index is 617. The van der Waals surface area contributed by atoms with Crippen LogP contribution < -0.4 is 10.1 Å². The minimum absolute atomic E-state index is 0. The molecule has 23 heavy (non-hydrogen) atoms. The fourth-order valence-electron chi connectivity index (χ4n) is 1.96. The first-order chi connectivity index (χ1) is 10.7. The van der Waals surface area contributed by atoms with Gasteiger partial charge < -0.3 is 15.0 Å². The highest BCUT2D eigenvalue weighted by molar-refractivity contribution is 14.0. The average molecular weight is 426 g/mol. The van der Waals surface area contributed by atoms with Crippen LogP contribution in [0.3, 0.4) is 0 Å². The summed E-state index contributed by atoms with van der Waals surface area (Å²) in [6.45, 7) is 1.33. The summed E-state index contributed by atoms with van der Waals surface area (Å²) in [7, 11) is 5.57. The van der Waals surface area contributed by atoms with Crippen molar-refractivity contribution >= 4 is 29.9 Å². The Hall–Kier alpha value is -1.83. The van der Waals surface area contributed by atoms with Crippen molar-refractivity contribution < 1.29 is 4.74 Å². The molecule has 124 valence electrons. The number of nitrogens with one attached hydrogen (secondary N) is 1. The molecule has 0 fully saturated rings. The number of nitrogens with zero attached hydrogens (tertiary/aromatic N) is 3. The summed E-state index contributed by atoms with van der Waals surface area (Å²) < 4.78 is 5.13. The molecule has 0 amide bonds. The smallest absolute Gasteiger partial charge is 0.213 e. The topological polar surface area (TPSA) is 49.8 Å². The zero-order valence-electron chi connectivity index (χ0n) is 13.7. The number of rotatable bonds is 5. The summed E-state index contributed by atoms with van der Waals surface area (Å²) in [6.07, 6.45) is 1.73. The summed E-state index contributed by atoms with van der Waals surface area (Å²) in [5.74, 6) is 1.45. The number of methoxy groups -OCH3 is 1. The monoisotopic (exact) mass is 426 g/mol. The number of guanidine groups is 1. The Labute approximate surface area is 154 Å². The first kappa shape index (κ1) is 19.2. The van der Waals surface area contributed by atoms with Crippen LogP contribution in [0.15, 0.2) is 53.7 Å². The van der Waals surface area contributed by atoms with Gasteiger partial charge in [-0.15, -0.1) is 24.0 Å². The van der Waals surface area contributed by atoms with E-state index in [-0.39, 0.29) is 24.0 Å². The zero-order valence-corrected chi connectivity index (χ0v) is 16.0. The van der Waals surface area contributed by atoms with Crippen LogP contribution in [-0.4, -0.2) is 37.0 Å². The molecular formula is C17H23IN4O. The second kappa shape index (κ2) is 10.0. The number of halogens is 1. The van der Waals surface area contributed by atoms with Crippen molar-refractivity contribution in [3.63, 3.8) is 0 Å². The molecule has 0 aliphatic rings. The molecule has 1 aromatic carbocycles. The quantitative estimate of drug-likeness (QED) is 0.454. The van der Waals surface area contributed by atoms with Crippen molar-refractivity contribution in [2.75, 3.05) is 21.2 Å². The van der Waals surface area contributed by atoms with E-state index in [1.807, 2.05) is 49.3 Å². The summed E-state index contributed by atoms with van der Waals surface area (Å²) in [4.78, 5) is 10.7. The summed E-state index contributed by atoms with van der Waals surface area (Å²) >= 11 is 0. The van der Waals surface area contributed by atoms with Crippen molar-refractivity contribution in [3.8, 4) is 5.88 Å². The van der Waals surface area contributed by atoms with Crippen LogP contribution in [0.1, 0.15) is 11.1 Å². The van der Waals surface area contributed by atoms with Crippen LogP contribution >= 0.6 is 24.0 Å². The van der Waals surface area contributed by atoms with Gasteiger partial charge in [0.15, 0.2) is 5.96 Å². The number of ether oxygens (including phenoxy) is 1. The highest BCUT2D eigenvalue weighted by Gasteiger charge is 2.02. The molecule has 2 aromatic rings. The van der Waals surface area contributed by atoms with Gasteiger partial charge in [-0.2, -0.15) is 0 Å². The van der Waals surface area contributed by atoms with E-state index in [1.54, 1.807) is 13.3 Å². The van der Waals surface area contributed by atoms with Gasteiger partial charge in [-0.25, -0.2) is 9.98 Å². The molecule has 1 aromatic heterocycles. The van der Waals surface area contributed by atoms with Gasteiger partial charge in [0.05, 0.1) is 13.7 Å². The zero-order chi connectivity index (χ0) is 15.8. The number of pyridine rings is 1. The van der Waals surface area contributed by atoms with Gasteiger partial charge in [0.25, 0.3) is 0 Å². The molecule has 0 aliphatic heterocycles. The van der Waals surface area contributed by atoms with E-state index in [1.165, 1.54) is 5.56 Å². The minimum Gasteiger partial charge on any atom is -0.481 e. The molecule has 2 rings (SSSR count). The Morgan fingerprint density at radius 2 is 1.91 bits per heavy atom. The summed E-state index contributed by atoms with van der Waals surface area (Å²) in [5.41, 5.74) is 2.29. The van der Waals surface area contributed by atoms with E-state index in [2.05, 4.69) is 27.4 Å². The Morgan fingerprint density at radius 1 is 1.17 bits per heavy atom. The van der Waals surface area contributed by atoms with E-state index in [0.717, 1.165) is 18.1 Å². The van der Waals surface area contributed by atoms with Gasteiger partial charge in [-0.1, -0.05) is 30.3 Å². The van der Waals surface area contributed by atoms with Crippen LogP contribution in [-0.2, 0) is 13.1 Å². The van der Waals surface area contributed by atoms with Gasteiger partial charge in [0, 0.05) is 32.9 Å². The van der Waals surface area contributed by atoms with E-state index >= 15 is 0 Å². The summed E-state index contributed by atoms with van der Waals surface area (Å²) in [5, 5.41) is 3.36. The first-order valence-corrected chi connectivity index (χ1v) is 7.17. The Balaban J connectivity index is 0.00000264. The maximum absolute atomic E-state index is 5.13. The Kier molecular flexibility index (Phi) is 8.39. The third-order valence-electron chi connectivity index (χ3n) is 3.14. The van der Waals surface area contributed by atoms with Crippen LogP contribution in [0.5, 0.6) is 5.88 Å². The van der Waals surface area contributed by atoms with Crippen LogP contribution in [0.25, 0.3) is 0 Å². The SMILES string of the molecule is COc1cc(CN=C(NCc2ccccc2)N(C)C)ccn1.I. The van der Waals surface area contributed by atoms with Gasteiger partial charge >= 0.3 is 0 Å². The molecule has 0 radical (unpaired) electrons. The lowest BCUT2D eigenvalue weighted by Crippen LogP contribution is -2.36. The van der Waals surface area contributed by atoms with Crippen LogP contribution in [0, 0.1) is 0 Å². The third-order valence-corrected chi connectivity index (χ3v) is 3.14. The second-order valence-corrected chi connectivity index (χ2v) is 5.08. The molecule has 0 atom stereocenters. The number of hydrogen-bond donors (Lipinski definition) is 1. The van der Waals surface area contributed by atoms with E-state index < -0.39 is 0 Å². The maximum atomic E-state index is 5.13. The lowest BCUT2D eigenvalue weighted by molar-refractivity contribution is 0.397.